The fraction of sp³-hybridized carbons (Fsp3) is 0.533. The first kappa shape index (κ1) is 14.9. The third-order valence-electron chi connectivity index (χ3n) is 4.06. The van der Waals surface area contributed by atoms with Crippen molar-refractivity contribution in [1.29, 1.82) is 0 Å². The van der Waals surface area contributed by atoms with Gasteiger partial charge in [-0.1, -0.05) is 12.5 Å². The average molecular weight is 283 g/mol. The predicted molar refractivity (Wildman–Crippen MR) is 71.4 cm³/mol. The van der Waals surface area contributed by atoms with Crippen LogP contribution in [-0.2, 0) is 10.3 Å². The zero-order chi connectivity index (χ0) is 14.8. The van der Waals surface area contributed by atoms with Gasteiger partial charge in [0.15, 0.2) is 0 Å². The Hall–Kier alpha value is -1.49. The molecule has 20 heavy (non-hydrogen) atoms. The normalized spacial score (nSPS) is 19.6. The summed E-state index contributed by atoms with van der Waals surface area (Å²) >= 11 is 0. The van der Waals surface area contributed by atoms with Crippen molar-refractivity contribution in [3.8, 4) is 0 Å². The van der Waals surface area contributed by atoms with Crippen LogP contribution in [0.2, 0.25) is 0 Å². The Bertz CT molecular complexity index is 501. The molecule has 110 valence electrons. The topological polar surface area (TPSA) is 40.5 Å². The molecule has 1 atom stereocenters. The highest BCUT2D eigenvalue weighted by Gasteiger charge is 2.38. The van der Waals surface area contributed by atoms with Crippen molar-refractivity contribution < 1.29 is 18.7 Å². The first-order valence-electron chi connectivity index (χ1n) is 6.86. The second kappa shape index (κ2) is 5.87. The maximum Gasteiger partial charge on any atom is 0.305 e. The van der Waals surface area contributed by atoms with E-state index in [0.717, 1.165) is 38.4 Å². The fourth-order valence-electron chi connectivity index (χ4n) is 2.99. The van der Waals surface area contributed by atoms with E-state index in [1.165, 1.54) is 12.1 Å². The number of nitrogens with zero attached hydrogens (tertiary/aromatic N) is 1. The van der Waals surface area contributed by atoms with Crippen LogP contribution in [0.3, 0.4) is 0 Å². The molecule has 1 saturated heterocycles. The van der Waals surface area contributed by atoms with Gasteiger partial charge >= 0.3 is 5.97 Å². The number of carboxylic acid groups (broad SMARTS) is 1. The van der Waals surface area contributed by atoms with E-state index in [0.29, 0.717) is 0 Å². The molecule has 0 amide bonds. The SMILES string of the molecule is CC(CC(=O)O)(c1ccc(F)cc1F)N1CCCCC1. The van der Waals surface area contributed by atoms with E-state index in [4.69, 9.17) is 5.11 Å². The van der Waals surface area contributed by atoms with Crippen LogP contribution in [0.1, 0.15) is 38.2 Å². The standard InChI is InChI=1S/C15H19F2NO2/c1-15(10-14(19)20,18-7-3-2-4-8-18)12-6-5-11(16)9-13(12)17/h5-6,9H,2-4,7-8,10H2,1H3,(H,19,20). The van der Waals surface area contributed by atoms with Gasteiger partial charge < -0.3 is 5.11 Å². The van der Waals surface area contributed by atoms with E-state index in [1.54, 1.807) is 6.92 Å². The molecule has 1 fully saturated rings. The fourth-order valence-corrected chi connectivity index (χ4v) is 2.99. The maximum atomic E-state index is 14.1. The van der Waals surface area contributed by atoms with Gasteiger partial charge in [-0.25, -0.2) is 8.78 Å². The van der Waals surface area contributed by atoms with Gasteiger partial charge in [-0.3, -0.25) is 9.69 Å². The first-order chi connectivity index (χ1) is 9.43. The minimum atomic E-state index is -0.984. The number of aliphatic carboxylic acids is 1. The lowest BCUT2D eigenvalue weighted by Gasteiger charge is -2.43. The Morgan fingerprint density at radius 1 is 1.30 bits per heavy atom. The number of rotatable bonds is 4. The van der Waals surface area contributed by atoms with Crippen molar-refractivity contribution in [2.75, 3.05) is 13.1 Å². The van der Waals surface area contributed by atoms with Gasteiger partial charge in [-0.2, -0.15) is 0 Å². The van der Waals surface area contributed by atoms with Crippen LogP contribution in [-0.4, -0.2) is 29.1 Å². The average Bonchev–Trinajstić information content (AvgIpc) is 2.38. The monoisotopic (exact) mass is 283 g/mol. The second-order valence-corrected chi connectivity index (χ2v) is 5.52. The molecule has 0 spiro atoms. The summed E-state index contributed by atoms with van der Waals surface area (Å²) < 4.78 is 27.2. The van der Waals surface area contributed by atoms with E-state index in [2.05, 4.69) is 0 Å². The predicted octanol–water partition coefficient (Wildman–Crippen LogP) is 3.14. The summed E-state index contributed by atoms with van der Waals surface area (Å²) in [5, 5.41) is 9.16. The molecule has 1 heterocycles. The van der Waals surface area contributed by atoms with Gasteiger partial charge in [-0.05, 0) is 38.9 Å². The molecular formula is C15H19F2NO2. The van der Waals surface area contributed by atoms with Gasteiger partial charge in [0.05, 0.1) is 12.0 Å². The molecule has 0 saturated carbocycles. The zero-order valence-corrected chi connectivity index (χ0v) is 11.5. The molecule has 1 aromatic rings. The van der Waals surface area contributed by atoms with Crippen molar-refractivity contribution in [1.82, 2.24) is 4.90 Å². The van der Waals surface area contributed by atoms with Crippen molar-refractivity contribution in [3.63, 3.8) is 0 Å². The number of piperidine rings is 1. The Morgan fingerprint density at radius 2 is 1.95 bits per heavy atom. The summed E-state index contributed by atoms with van der Waals surface area (Å²) in [6, 6.07) is 3.37. The minimum absolute atomic E-state index is 0.199. The molecule has 2 rings (SSSR count). The van der Waals surface area contributed by atoms with Gasteiger partial charge in [0.25, 0.3) is 0 Å². The third kappa shape index (κ3) is 2.98. The number of hydrogen-bond donors (Lipinski definition) is 1. The number of hydrogen-bond acceptors (Lipinski definition) is 2. The number of carbonyl (C=O) groups is 1. The van der Waals surface area contributed by atoms with Gasteiger partial charge in [0.1, 0.15) is 11.6 Å². The molecule has 1 aromatic carbocycles. The molecule has 1 aliphatic heterocycles. The van der Waals surface area contributed by atoms with E-state index in [-0.39, 0.29) is 12.0 Å². The van der Waals surface area contributed by atoms with E-state index < -0.39 is 23.1 Å². The lowest BCUT2D eigenvalue weighted by Crippen LogP contribution is -2.48. The molecular weight excluding hydrogens is 264 g/mol. The highest BCUT2D eigenvalue weighted by molar-refractivity contribution is 5.69. The molecule has 0 bridgehead atoms. The number of halogens is 2. The number of benzene rings is 1. The van der Waals surface area contributed by atoms with Crippen molar-refractivity contribution >= 4 is 5.97 Å². The molecule has 1 aliphatic rings. The van der Waals surface area contributed by atoms with Crippen molar-refractivity contribution in [3.05, 3.63) is 35.4 Å². The van der Waals surface area contributed by atoms with Crippen LogP contribution in [0.15, 0.2) is 18.2 Å². The zero-order valence-electron chi connectivity index (χ0n) is 11.5. The summed E-state index contributed by atoms with van der Waals surface area (Å²) in [4.78, 5) is 13.2. The summed E-state index contributed by atoms with van der Waals surface area (Å²) in [6.45, 7) is 3.20. The lowest BCUT2D eigenvalue weighted by atomic mass is 9.84. The minimum Gasteiger partial charge on any atom is -0.481 e. The largest absolute Gasteiger partial charge is 0.481 e. The third-order valence-corrected chi connectivity index (χ3v) is 4.06. The van der Waals surface area contributed by atoms with Crippen LogP contribution >= 0.6 is 0 Å². The highest BCUT2D eigenvalue weighted by Crippen LogP contribution is 2.35. The molecule has 3 nitrogen and oxygen atoms in total. The Kier molecular flexibility index (Phi) is 4.38. The van der Waals surface area contributed by atoms with Crippen LogP contribution in [0, 0.1) is 11.6 Å². The van der Waals surface area contributed by atoms with Gasteiger partial charge in [0.2, 0.25) is 0 Å². The lowest BCUT2D eigenvalue weighted by molar-refractivity contribution is -0.140. The van der Waals surface area contributed by atoms with E-state index in [9.17, 15) is 13.6 Å². The summed E-state index contributed by atoms with van der Waals surface area (Å²) in [6.07, 6.45) is 2.84. The Morgan fingerprint density at radius 3 is 2.50 bits per heavy atom. The maximum absolute atomic E-state index is 14.1. The van der Waals surface area contributed by atoms with E-state index in [1.807, 2.05) is 4.90 Å². The molecule has 1 N–H and O–H groups in total. The van der Waals surface area contributed by atoms with Gasteiger partial charge in [0, 0.05) is 11.6 Å². The number of carboxylic acids is 1. The summed E-state index contributed by atoms with van der Waals surface area (Å²) in [7, 11) is 0. The molecule has 0 aliphatic carbocycles. The Labute approximate surface area is 117 Å². The van der Waals surface area contributed by atoms with Crippen LogP contribution in [0.25, 0.3) is 0 Å². The Balaban J connectivity index is 2.41. The molecule has 1 unspecified atom stereocenters. The van der Waals surface area contributed by atoms with Crippen molar-refractivity contribution in [2.24, 2.45) is 0 Å². The summed E-state index contributed by atoms with van der Waals surface area (Å²) in [5.74, 6) is -2.32. The van der Waals surface area contributed by atoms with E-state index >= 15 is 0 Å². The first-order valence-corrected chi connectivity index (χ1v) is 6.86. The summed E-state index contributed by atoms with van der Waals surface area (Å²) in [5.41, 5.74) is -0.687. The molecule has 5 heteroatoms. The smallest absolute Gasteiger partial charge is 0.305 e. The van der Waals surface area contributed by atoms with Crippen LogP contribution in [0.4, 0.5) is 8.78 Å². The van der Waals surface area contributed by atoms with Crippen LogP contribution in [0.5, 0.6) is 0 Å². The second-order valence-electron chi connectivity index (χ2n) is 5.52. The molecule has 0 aromatic heterocycles. The quantitative estimate of drug-likeness (QED) is 0.923. The van der Waals surface area contributed by atoms with Crippen LogP contribution < -0.4 is 0 Å². The number of likely N-dealkylation sites (tertiary alicyclic amines) is 1. The van der Waals surface area contributed by atoms with Gasteiger partial charge in [-0.15, -0.1) is 0 Å². The highest BCUT2D eigenvalue weighted by atomic mass is 19.1. The molecule has 0 radical (unpaired) electrons. The van der Waals surface area contributed by atoms with Crippen molar-refractivity contribution in [2.45, 2.75) is 38.1 Å².